The van der Waals surface area contributed by atoms with Gasteiger partial charge in [0.25, 0.3) is 5.91 Å². The lowest BCUT2D eigenvalue weighted by atomic mass is 9.94. The summed E-state index contributed by atoms with van der Waals surface area (Å²) in [7, 11) is 0. The first-order chi connectivity index (χ1) is 11.7. The summed E-state index contributed by atoms with van der Waals surface area (Å²) in [5.74, 6) is 0.716. The quantitative estimate of drug-likeness (QED) is 0.926. The smallest absolute Gasteiger partial charge is 0.251 e. The zero-order chi connectivity index (χ0) is 16.5. The van der Waals surface area contributed by atoms with Crippen molar-refractivity contribution in [3.8, 4) is 6.07 Å². The third kappa shape index (κ3) is 2.88. The minimum absolute atomic E-state index is 0.0304. The molecule has 5 rings (SSSR count). The fourth-order valence-corrected chi connectivity index (χ4v) is 4.08. The van der Waals surface area contributed by atoms with Crippen molar-refractivity contribution in [3.63, 3.8) is 0 Å². The van der Waals surface area contributed by atoms with Crippen molar-refractivity contribution in [1.29, 1.82) is 5.26 Å². The van der Waals surface area contributed by atoms with Gasteiger partial charge in [-0.3, -0.25) is 4.79 Å². The number of nitriles is 1. The molecule has 2 aromatic carbocycles. The number of piperidine rings is 1. The zero-order valence-corrected chi connectivity index (χ0v) is 13.7. The second-order valence-corrected chi connectivity index (χ2v) is 7.00. The van der Waals surface area contributed by atoms with Gasteiger partial charge in [-0.15, -0.1) is 0 Å². The SMILES string of the molecule is N#Cc1cccc2ccc(C(=O)NC3CC4CCN(CC4)C3)cc12. The average Bonchev–Trinajstić information content (AvgIpc) is 2.93. The van der Waals surface area contributed by atoms with Gasteiger partial charge in [0.05, 0.1) is 11.6 Å². The molecular formula is C20H21N3O. The maximum absolute atomic E-state index is 12.7. The molecule has 0 spiro atoms. The first-order valence-electron chi connectivity index (χ1n) is 8.69. The van der Waals surface area contributed by atoms with Crippen LogP contribution in [0.4, 0.5) is 0 Å². The Morgan fingerprint density at radius 1 is 1.21 bits per heavy atom. The number of fused-ring (bicyclic) bond motifs is 5. The Morgan fingerprint density at radius 3 is 2.83 bits per heavy atom. The molecule has 0 aliphatic carbocycles. The molecule has 24 heavy (non-hydrogen) atoms. The number of rotatable bonds is 2. The lowest BCUT2D eigenvalue weighted by Gasteiger charge is -2.26. The molecule has 3 aliphatic rings. The van der Waals surface area contributed by atoms with E-state index in [1.807, 2.05) is 30.3 Å². The zero-order valence-electron chi connectivity index (χ0n) is 13.7. The molecule has 1 N–H and O–H groups in total. The van der Waals surface area contributed by atoms with Crippen LogP contribution < -0.4 is 5.32 Å². The molecule has 1 amide bonds. The number of carbonyl (C=O) groups is 1. The van der Waals surface area contributed by atoms with Crippen LogP contribution in [0.3, 0.4) is 0 Å². The van der Waals surface area contributed by atoms with E-state index in [0.717, 1.165) is 29.7 Å². The predicted molar refractivity (Wildman–Crippen MR) is 93.7 cm³/mol. The molecule has 3 aliphatic heterocycles. The highest BCUT2D eigenvalue weighted by atomic mass is 16.1. The molecule has 0 saturated carbocycles. The van der Waals surface area contributed by atoms with Gasteiger partial charge in [-0.25, -0.2) is 0 Å². The average molecular weight is 319 g/mol. The normalized spacial score (nSPS) is 25.9. The Kier molecular flexibility index (Phi) is 3.95. The second-order valence-electron chi connectivity index (χ2n) is 7.00. The Hall–Kier alpha value is -2.38. The van der Waals surface area contributed by atoms with E-state index in [2.05, 4.69) is 16.3 Å². The number of amides is 1. The van der Waals surface area contributed by atoms with E-state index in [0.29, 0.717) is 11.1 Å². The van der Waals surface area contributed by atoms with Gasteiger partial charge in [-0.1, -0.05) is 18.2 Å². The monoisotopic (exact) mass is 319 g/mol. The summed E-state index contributed by atoms with van der Waals surface area (Å²) < 4.78 is 0. The van der Waals surface area contributed by atoms with Crippen molar-refractivity contribution >= 4 is 16.7 Å². The maximum Gasteiger partial charge on any atom is 0.251 e. The van der Waals surface area contributed by atoms with E-state index in [9.17, 15) is 10.1 Å². The number of benzene rings is 2. The Balaban J connectivity index is 1.56. The van der Waals surface area contributed by atoms with Crippen LogP contribution >= 0.6 is 0 Å². The summed E-state index contributed by atoms with van der Waals surface area (Å²) in [5, 5.41) is 14.3. The van der Waals surface area contributed by atoms with E-state index < -0.39 is 0 Å². The van der Waals surface area contributed by atoms with Crippen LogP contribution in [0, 0.1) is 17.2 Å². The third-order valence-electron chi connectivity index (χ3n) is 5.40. The molecule has 0 radical (unpaired) electrons. The van der Waals surface area contributed by atoms with Crippen LogP contribution in [-0.2, 0) is 0 Å². The molecule has 1 atom stereocenters. The highest BCUT2D eigenvalue weighted by molar-refractivity contribution is 6.00. The molecule has 0 aromatic heterocycles. The van der Waals surface area contributed by atoms with Crippen LogP contribution in [0.1, 0.15) is 35.2 Å². The van der Waals surface area contributed by atoms with E-state index in [1.54, 1.807) is 6.07 Å². The lowest BCUT2D eigenvalue weighted by molar-refractivity contribution is 0.0929. The van der Waals surface area contributed by atoms with E-state index in [-0.39, 0.29) is 11.9 Å². The number of carbonyl (C=O) groups excluding carboxylic acids is 1. The summed E-state index contributed by atoms with van der Waals surface area (Å²) in [6.45, 7) is 3.29. The Labute approximate surface area is 142 Å². The first kappa shape index (κ1) is 15.2. The molecule has 2 aromatic rings. The molecule has 3 fully saturated rings. The molecule has 4 nitrogen and oxygen atoms in total. The van der Waals surface area contributed by atoms with Gasteiger partial charge in [0.1, 0.15) is 0 Å². The summed E-state index contributed by atoms with van der Waals surface area (Å²) in [5.41, 5.74) is 1.25. The minimum atomic E-state index is -0.0304. The van der Waals surface area contributed by atoms with E-state index in [1.165, 1.54) is 25.9 Å². The molecule has 2 bridgehead atoms. The number of hydrogen-bond acceptors (Lipinski definition) is 3. The summed E-state index contributed by atoms with van der Waals surface area (Å²) in [4.78, 5) is 15.2. The van der Waals surface area contributed by atoms with Crippen molar-refractivity contribution < 1.29 is 4.79 Å². The Morgan fingerprint density at radius 2 is 2.04 bits per heavy atom. The van der Waals surface area contributed by atoms with Crippen molar-refractivity contribution in [3.05, 3.63) is 47.5 Å². The second kappa shape index (κ2) is 6.26. The molecule has 1 unspecified atom stereocenters. The Bertz CT molecular complexity index is 801. The van der Waals surface area contributed by atoms with Gasteiger partial charge >= 0.3 is 0 Å². The van der Waals surface area contributed by atoms with E-state index in [4.69, 9.17) is 0 Å². The minimum Gasteiger partial charge on any atom is -0.348 e. The van der Waals surface area contributed by atoms with Gasteiger partial charge in [-0.05, 0) is 61.9 Å². The van der Waals surface area contributed by atoms with Gasteiger partial charge in [0.15, 0.2) is 0 Å². The molecule has 3 saturated heterocycles. The van der Waals surface area contributed by atoms with Crippen molar-refractivity contribution in [2.45, 2.75) is 25.3 Å². The first-order valence-corrected chi connectivity index (χ1v) is 8.69. The lowest BCUT2D eigenvalue weighted by Crippen LogP contribution is -2.41. The van der Waals surface area contributed by atoms with Crippen LogP contribution in [0.5, 0.6) is 0 Å². The number of hydrogen-bond donors (Lipinski definition) is 1. The highest BCUT2D eigenvalue weighted by Crippen LogP contribution is 2.27. The van der Waals surface area contributed by atoms with Crippen LogP contribution in [-0.4, -0.2) is 36.5 Å². The maximum atomic E-state index is 12.7. The van der Waals surface area contributed by atoms with Gasteiger partial charge < -0.3 is 10.2 Å². The summed E-state index contributed by atoms with van der Waals surface area (Å²) in [6.07, 6.45) is 3.60. The van der Waals surface area contributed by atoms with Crippen LogP contribution in [0.25, 0.3) is 10.8 Å². The van der Waals surface area contributed by atoms with E-state index >= 15 is 0 Å². The highest BCUT2D eigenvalue weighted by Gasteiger charge is 2.29. The number of nitrogens with zero attached hydrogens (tertiary/aromatic N) is 2. The third-order valence-corrected chi connectivity index (χ3v) is 5.40. The van der Waals surface area contributed by atoms with Crippen LogP contribution in [0.15, 0.2) is 36.4 Å². The summed E-state index contributed by atoms with van der Waals surface area (Å²) in [6, 6.07) is 13.7. The topological polar surface area (TPSA) is 56.1 Å². The molecular weight excluding hydrogens is 298 g/mol. The largest absolute Gasteiger partial charge is 0.348 e. The number of nitrogens with one attached hydrogen (secondary N) is 1. The van der Waals surface area contributed by atoms with Crippen molar-refractivity contribution in [2.24, 2.45) is 5.92 Å². The molecule has 4 heteroatoms. The predicted octanol–water partition coefficient (Wildman–Crippen LogP) is 2.93. The fraction of sp³-hybridized carbons (Fsp3) is 0.400. The fourth-order valence-electron chi connectivity index (χ4n) is 4.08. The standard InChI is InChI=1S/C20H21N3O/c21-12-17-3-1-2-15-4-5-16(11-19(15)17)20(24)22-18-10-14-6-8-23(13-18)9-7-14/h1-5,11,14,18H,6-10,13H2,(H,22,24). The molecule has 3 heterocycles. The van der Waals surface area contributed by atoms with Gasteiger partial charge in [0, 0.05) is 23.5 Å². The van der Waals surface area contributed by atoms with Crippen LogP contribution in [0.2, 0.25) is 0 Å². The molecule has 122 valence electrons. The van der Waals surface area contributed by atoms with Crippen molar-refractivity contribution in [2.75, 3.05) is 19.6 Å². The van der Waals surface area contributed by atoms with Crippen molar-refractivity contribution in [1.82, 2.24) is 10.2 Å². The van der Waals surface area contributed by atoms with Gasteiger partial charge in [-0.2, -0.15) is 5.26 Å². The summed E-state index contributed by atoms with van der Waals surface area (Å²) >= 11 is 0. The van der Waals surface area contributed by atoms with Gasteiger partial charge in [0.2, 0.25) is 0 Å².